The van der Waals surface area contributed by atoms with Crippen LogP contribution in [-0.2, 0) is 19.4 Å². The van der Waals surface area contributed by atoms with Crippen LogP contribution in [0, 0.1) is 0 Å². The number of nitrogens with one attached hydrogen (secondary N) is 2. The number of methoxy groups -OCH3 is 1. The minimum absolute atomic E-state index is 0.0667. The first kappa shape index (κ1) is 22.5. The third kappa shape index (κ3) is 5.47. The molecule has 1 atom stereocenters. The molecule has 0 spiro atoms. The van der Waals surface area contributed by atoms with Crippen LogP contribution >= 0.6 is 23.4 Å². The molecule has 1 aliphatic rings. The second kappa shape index (κ2) is 9.28. The van der Waals surface area contributed by atoms with Crippen LogP contribution in [-0.4, -0.2) is 38.3 Å². The average molecular weight is 469 g/mol. The van der Waals surface area contributed by atoms with E-state index in [0.29, 0.717) is 28.6 Å². The van der Waals surface area contributed by atoms with Crippen LogP contribution in [0.4, 0.5) is 11.4 Å². The molecule has 2 aromatic carbocycles. The minimum atomic E-state index is -3.71. The highest BCUT2D eigenvalue weighted by molar-refractivity contribution is 8.00. The summed E-state index contributed by atoms with van der Waals surface area (Å²) in [6.07, 6.45) is 0.137. The normalized spacial score (nSPS) is 16.2. The number of sulfone groups is 1. The summed E-state index contributed by atoms with van der Waals surface area (Å²) in [6.45, 7) is 1.94. The van der Waals surface area contributed by atoms with Crippen molar-refractivity contribution in [3.8, 4) is 5.75 Å². The summed E-state index contributed by atoms with van der Waals surface area (Å²) in [4.78, 5) is 25.0. The van der Waals surface area contributed by atoms with E-state index >= 15 is 0 Å². The van der Waals surface area contributed by atoms with Crippen molar-refractivity contribution in [3.63, 3.8) is 0 Å². The second-order valence-electron chi connectivity index (χ2n) is 6.81. The molecule has 0 saturated heterocycles. The number of fused-ring (bicyclic) bond motifs is 1. The van der Waals surface area contributed by atoms with Crippen LogP contribution in [0.2, 0.25) is 5.02 Å². The molecule has 1 aliphatic heterocycles. The van der Waals surface area contributed by atoms with E-state index in [1.54, 1.807) is 18.2 Å². The van der Waals surface area contributed by atoms with Gasteiger partial charge in [-0.2, -0.15) is 0 Å². The lowest BCUT2D eigenvalue weighted by atomic mass is 10.3. The van der Waals surface area contributed by atoms with E-state index in [2.05, 4.69) is 10.6 Å². The highest BCUT2D eigenvalue weighted by Gasteiger charge is 2.23. The van der Waals surface area contributed by atoms with Gasteiger partial charge in [-0.1, -0.05) is 18.5 Å². The van der Waals surface area contributed by atoms with E-state index in [9.17, 15) is 18.0 Å². The molecule has 160 valence electrons. The van der Waals surface area contributed by atoms with Gasteiger partial charge >= 0.3 is 0 Å². The summed E-state index contributed by atoms with van der Waals surface area (Å²) in [5.41, 5.74) is 0.926. The van der Waals surface area contributed by atoms with Gasteiger partial charge in [0.15, 0.2) is 9.84 Å². The molecule has 1 heterocycles. The zero-order valence-corrected chi connectivity index (χ0v) is 18.8. The van der Waals surface area contributed by atoms with E-state index in [-0.39, 0.29) is 28.2 Å². The summed E-state index contributed by atoms with van der Waals surface area (Å²) in [5.74, 6) is -0.493. The second-order valence-corrected chi connectivity index (χ2v) is 10.8. The molecule has 0 aliphatic carbocycles. The quantitative estimate of drug-likeness (QED) is 0.665. The standard InChI is InChI=1S/C20H21ClN2O5S2/c1-12-9-20(25)23-16-11-14(4-6-18(16)29-12)30(26,27)8-7-19(24)22-13-3-5-17(28-2)15(21)10-13/h3-6,10-12H,7-9H2,1-2H3,(H,22,24)(H,23,25). The molecule has 0 aromatic heterocycles. The molecule has 0 radical (unpaired) electrons. The summed E-state index contributed by atoms with van der Waals surface area (Å²) in [6, 6.07) is 9.40. The van der Waals surface area contributed by atoms with Crippen LogP contribution in [0.25, 0.3) is 0 Å². The fourth-order valence-corrected chi connectivity index (χ4v) is 5.51. The average Bonchev–Trinajstić information content (AvgIpc) is 2.82. The summed E-state index contributed by atoms with van der Waals surface area (Å²) in [5, 5.41) is 5.81. The van der Waals surface area contributed by atoms with Gasteiger partial charge < -0.3 is 15.4 Å². The van der Waals surface area contributed by atoms with E-state index in [4.69, 9.17) is 16.3 Å². The van der Waals surface area contributed by atoms with Crippen molar-refractivity contribution in [2.75, 3.05) is 23.5 Å². The number of carbonyl (C=O) groups excluding carboxylic acids is 2. The Morgan fingerprint density at radius 1 is 1.30 bits per heavy atom. The number of ether oxygens (including phenoxy) is 1. The largest absolute Gasteiger partial charge is 0.495 e. The molecule has 2 amide bonds. The lowest BCUT2D eigenvalue weighted by Crippen LogP contribution is -2.18. The van der Waals surface area contributed by atoms with E-state index in [0.717, 1.165) is 4.90 Å². The predicted molar refractivity (Wildman–Crippen MR) is 118 cm³/mol. The van der Waals surface area contributed by atoms with Crippen LogP contribution in [0.1, 0.15) is 19.8 Å². The molecule has 10 heteroatoms. The Morgan fingerprint density at radius 2 is 2.07 bits per heavy atom. The lowest BCUT2D eigenvalue weighted by molar-refractivity contribution is -0.116. The summed E-state index contributed by atoms with van der Waals surface area (Å²) in [7, 11) is -2.23. The molecular formula is C20H21ClN2O5S2. The highest BCUT2D eigenvalue weighted by Crippen LogP contribution is 2.36. The van der Waals surface area contributed by atoms with Crippen LogP contribution in [0.15, 0.2) is 46.2 Å². The number of amides is 2. The number of thioether (sulfide) groups is 1. The van der Waals surface area contributed by atoms with Gasteiger partial charge in [-0.25, -0.2) is 8.42 Å². The minimum Gasteiger partial charge on any atom is -0.495 e. The van der Waals surface area contributed by atoms with E-state index in [1.807, 2.05) is 6.92 Å². The Labute approximate surface area is 184 Å². The first-order chi connectivity index (χ1) is 14.2. The van der Waals surface area contributed by atoms with Gasteiger partial charge in [0.2, 0.25) is 11.8 Å². The zero-order valence-electron chi connectivity index (χ0n) is 16.4. The zero-order chi connectivity index (χ0) is 21.9. The third-order valence-electron chi connectivity index (χ3n) is 4.42. The molecule has 0 bridgehead atoms. The Balaban J connectivity index is 1.67. The number of hydrogen-bond acceptors (Lipinski definition) is 6. The Kier molecular flexibility index (Phi) is 6.95. The van der Waals surface area contributed by atoms with Gasteiger partial charge in [-0.15, -0.1) is 11.8 Å². The van der Waals surface area contributed by atoms with Crippen molar-refractivity contribution >= 4 is 56.4 Å². The number of halogens is 1. The Hall–Kier alpha value is -2.23. The molecular weight excluding hydrogens is 448 g/mol. The first-order valence-electron chi connectivity index (χ1n) is 9.14. The number of hydrogen-bond donors (Lipinski definition) is 2. The maximum absolute atomic E-state index is 12.7. The predicted octanol–water partition coefficient (Wildman–Crippen LogP) is 3.97. The fourth-order valence-electron chi connectivity index (χ4n) is 2.94. The van der Waals surface area contributed by atoms with Gasteiger partial charge in [0.25, 0.3) is 0 Å². The van der Waals surface area contributed by atoms with Crippen molar-refractivity contribution < 1.29 is 22.7 Å². The van der Waals surface area contributed by atoms with E-state index in [1.165, 1.54) is 37.1 Å². The topological polar surface area (TPSA) is 102 Å². The maximum Gasteiger partial charge on any atom is 0.225 e. The van der Waals surface area contributed by atoms with Gasteiger partial charge in [0, 0.05) is 28.7 Å². The van der Waals surface area contributed by atoms with Gasteiger partial charge in [-0.3, -0.25) is 9.59 Å². The third-order valence-corrected chi connectivity index (χ3v) is 7.61. The molecule has 1 unspecified atom stereocenters. The number of carbonyl (C=O) groups is 2. The van der Waals surface area contributed by atoms with Crippen molar-refractivity contribution in [2.45, 2.75) is 34.8 Å². The molecule has 3 rings (SSSR count). The van der Waals surface area contributed by atoms with E-state index < -0.39 is 15.7 Å². The number of anilines is 2. The Morgan fingerprint density at radius 3 is 2.77 bits per heavy atom. The number of rotatable bonds is 6. The van der Waals surface area contributed by atoms with Gasteiger partial charge in [-0.05, 0) is 36.4 Å². The first-order valence-corrected chi connectivity index (χ1v) is 12.1. The fraction of sp³-hybridized carbons (Fsp3) is 0.300. The summed E-state index contributed by atoms with van der Waals surface area (Å²) >= 11 is 7.54. The van der Waals surface area contributed by atoms with Crippen LogP contribution < -0.4 is 15.4 Å². The molecule has 0 fully saturated rings. The smallest absolute Gasteiger partial charge is 0.225 e. The van der Waals surface area contributed by atoms with Crippen molar-refractivity contribution in [1.29, 1.82) is 0 Å². The van der Waals surface area contributed by atoms with Crippen molar-refractivity contribution in [2.24, 2.45) is 0 Å². The van der Waals surface area contributed by atoms with Crippen molar-refractivity contribution in [3.05, 3.63) is 41.4 Å². The highest BCUT2D eigenvalue weighted by atomic mass is 35.5. The number of benzene rings is 2. The molecule has 0 saturated carbocycles. The Bertz CT molecular complexity index is 1090. The molecule has 2 aromatic rings. The summed E-state index contributed by atoms with van der Waals surface area (Å²) < 4.78 is 30.5. The van der Waals surface area contributed by atoms with Gasteiger partial charge in [0.05, 0.1) is 28.5 Å². The van der Waals surface area contributed by atoms with Crippen LogP contribution in [0.5, 0.6) is 5.75 Å². The SMILES string of the molecule is COc1ccc(NC(=O)CCS(=O)(=O)c2ccc3c(c2)NC(=O)CC(C)S3)cc1Cl. The monoisotopic (exact) mass is 468 g/mol. The van der Waals surface area contributed by atoms with Crippen molar-refractivity contribution in [1.82, 2.24) is 0 Å². The molecule has 30 heavy (non-hydrogen) atoms. The maximum atomic E-state index is 12.7. The van der Waals surface area contributed by atoms with Gasteiger partial charge in [0.1, 0.15) is 5.75 Å². The molecule has 2 N–H and O–H groups in total. The molecule has 7 nitrogen and oxygen atoms in total. The lowest BCUT2D eigenvalue weighted by Gasteiger charge is -2.11. The van der Waals surface area contributed by atoms with Crippen LogP contribution in [0.3, 0.4) is 0 Å².